The Hall–Kier alpha value is -2.76. The minimum absolute atomic E-state index is 0.0202. The molecule has 0 saturated carbocycles. The first-order chi connectivity index (χ1) is 13.5. The number of nitrogens with zero attached hydrogens (tertiary/aromatic N) is 2. The number of carbonyl (C=O) groups excluding carboxylic acids is 1. The van der Waals surface area contributed by atoms with Crippen LogP contribution in [0.15, 0.2) is 35.3 Å². The van der Waals surface area contributed by atoms with Crippen molar-refractivity contribution in [1.29, 1.82) is 0 Å². The number of phenolic OH excluding ortho intramolecular Hbond substituents is 1. The second kappa shape index (κ2) is 8.50. The summed E-state index contributed by atoms with van der Waals surface area (Å²) < 4.78 is 1.67. The summed E-state index contributed by atoms with van der Waals surface area (Å²) in [7, 11) is 0. The molecule has 0 radical (unpaired) electrons. The number of benzene rings is 1. The lowest BCUT2D eigenvalue weighted by atomic mass is 9.86. The first-order valence-corrected chi connectivity index (χ1v) is 9.96. The number of fused-ring (bicyclic) bond motifs is 1. The van der Waals surface area contributed by atoms with Crippen molar-refractivity contribution in [2.45, 2.75) is 58.5 Å². The average molecular weight is 384 g/mol. The molecule has 0 unspecified atom stereocenters. The number of carbonyl (C=O) groups is 1. The van der Waals surface area contributed by atoms with Gasteiger partial charge in [-0.15, -0.1) is 0 Å². The SMILES string of the molecule is CCCN(C(=O)Cn1ccc(=O)c(O)c1CC)[C@H]1CCc2c(O)cccc2C1. The van der Waals surface area contributed by atoms with Crippen LogP contribution in [0.1, 0.15) is 43.5 Å². The van der Waals surface area contributed by atoms with Crippen molar-refractivity contribution >= 4 is 5.91 Å². The molecule has 2 aromatic rings. The van der Waals surface area contributed by atoms with E-state index in [4.69, 9.17) is 0 Å². The molecule has 6 nitrogen and oxygen atoms in total. The molecular weight excluding hydrogens is 356 g/mol. The second-order valence-corrected chi connectivity index (χ2v) is 7.36. The molecule has 0 spiro atoms. The van der Waals surface area contributed by atoms with Gasteiger partial charge in [-0.2, -0.15) is 0 Å². The summed E-state index contributed by atoms with van der Waals surface area (Å²) >= 11 is 0. The van der Waals surface area contributed by atoms with Gasteiger partial charge in [-0.1, -0.05) is 26.0 Å². The lowest BCUT2D eigenvalue weighted by Gasteiger charge is -2.35. The van der Waals surface area contributed by atoms with E-state index in [1.165, 1.54) is 6.07 Å². The Morgan fingerprint density at radius 1 is 1.25 bits per heavy atom. The Morgan fingerprint density at radius 3 is 2.75 bits per heavy atom. The van der Waals surface area contributed by atoms with E-state index in [1.54, 1.807) is 16.8 Å². The molecule has 1 aromatic carbocycles. The van der Waals surface area contributed by atoms with Crippen molar-refractivity contribution in [3.63, 3.8) is 0 Å². The van der Waals surface area contributed by atoms with Gasteiger partial charge in [0.15, 0.2) is 5.75 Å². The van der Waals surface area contributed by atoms with Crippen LogP contribution in [0.5, 0.6) is 11.5 Å². The summed E-state index contributed by atoms with van der Waals surface area (Å²) in [4.78, 5) is 26.7. The quantitative estimate of drug-likeness (QED) is 0.802. The number of hydrogen-bond acceptors (Lipinski definition) is 4. The van der Waals surface area contributed by atoms with Crippen LogP contribution in [-0.4, -0.2) is 38.2 Å². The average Bonchev–Trinajstić information content (AvgIpc) is 2.69. The van der Waals surface area contributed by atoms with Crippen molar-refractivity contribution in [2.24, 2.45) is 0 Å². The number of phenols is 1. The van der Waals surface area contributed by atoms with Gasteiger partial charge in [-0.3, -0.25) is 9.59 Å². The van der Waals surface area contributed by atoms with Gasteiger partial charge in [-0.25, -0.2) is 0 Å². The van der Waals surface area contributed by atoms with E-state index in [-0.39, 0.29) is 24.2 Å². The molecule has 1 amide bonds. The lowest BCUT2D eigenvalue weighted by Crippen LogP contribution is -2.45. The Morgan fingerprint density at radius 2 is 2.04 bits per heavy atom. The fraction of sp³-hybridized carbons (Fsp3) is 0.455. The van der Waals surface area contributed by atoms with Crippen molar-refractivity contribution in [2.75, 3.05) is 6.54 Å². The molecule has 1 aliphatic carbocycles. The molecule has 2 N–H and O–H groups in total. The van der Waals surface area contributed by atoms with E-state index in [0.717, 1.165) is 36.8 Å². The highest BCUT2D eigenvalue weighted by Crippen LogP contribution is 2.31. The zero-order valence-electron chi connectivity index (χ0n) is 16.5. The fourth-order valence-corrected chi connectivity index (χ4v) is 4.15. The van der Waals surface area contributed by atoms with Gasteiger partial charge in [0.2, 0.25) is 11.3 Å². The summed E-state index contributed by atoms with van der Waals surface area (Å²) in [5, 5.41) is 20.1. The minimum Gasteiger partial charge on any atom is -0.508 e. The van der Waals surface area contributed by atoms with Crippen molar-refractivity contribution < 1.29 is 15.0 Å². The third kappa shape index (κ3) is 3.91. The zero-order valence-corrected chi connectivity index (χ0v) is 16.5. The molecule has 1 aliphatic rings. The van der Waals surface area contributed by atoms with Gasteiger partial charge in [0.1, 0.15) is 12.3 Å². The molecule has 1 heterocycles. The summed E-state index contributed by atoms with van der Waals surface area (Å²) in [5.41, 5.74) is 2.15. The standard InChI is InChI=1S/C22H28N2O4/c1-3-11-24(16-8-9-17-15(13-16)6-5-7-19(17)25)21(27)14-23-12-10-20(26)22(28)18(23)4-2/h5-7,10,12,16,25,28H,3-4,8-9,11,13-14H2,1-2H3/t16-/m0/s1. The zero-order chi connectivity index (χ0) is 20.3. The number of aromatic hydroxyl groups is 2. The van der Waals surface area contributed by atoms with Crippen LogP contribution in [0.3, 0.4) is 0 Å². The Labute approximate surface area is 165 Å². The molecular formula is C22H28N2O4. The van der Waals surface area contributed by atoms with E-state index >= 15 is 0 Å². The van der Waals surface area contributed by atoms with Crippen LogP contribution < -0.4 is 5.43 Å². The predicted molar refractivity (Wildman–Crippen MR) is 108 cm³/mol. The summed E-state index contributed by atoms with van der Waals surface area (Å²) in [6.07, 6.45) is 5.19. The molecule has 0 aliphatic heterocycles. The normalized spacial score (nSPS) is 15.9. The van der Waals surface area contributed by atoms with Crippen molar-refractivity contribution in [1.82, 2.24) is 9.47 Å². The molecule has 0 bridgehead atoms. The van der Waals surface area contributed by atoms with Crippen molar-refractivity contribution in [3.05, 3.63) is 57.5 Å². The third-order valence-corrected chi connectivity index (χ3v) is 5.56. The van der Waals surface area contributed by atoms with E-state index in [1.807, 2.05) is 30.9 Å². The van der Waals surface area contributed by atoms with Crippen LogP contribution in [0.4, 0.5) is 0 Å². The van der Waals surface area contributed by atoms with Crippen LogP contribution in [0, 0.1) is 0 Å². The first-order valence-electron chi connectivity index (χ1n) is 9.96. The van der Waals surface area contributed by atoms with Crippen LogP contribution in [0.25, 0.3) is 0 Å². The van der Waals surface area contributed by atoms with Gasteiger partial charge in [0, 0.05) is 24.8 Å². The maximum absolute atomic E-state index is 13.1. The number of rotatable bonds is 6. The Kier molecular flexibility index (Phi) is 6.07. The maximum Gasteiger partial charge on any atom is 0.242 e. The van der Waals surface area contributed by atoms with E-state index in [9.17, 15) is 19.8 Å². The molecule has 28 heavy (non-hydrogen) atoms. The maximum atomic E-state index is 13.1. The van der Waals surface area contributed by atoms with Gasteiger partial charge in [0.25, 0.3) is 0 Å². The van der Waals surface area contributed by atoms with Gasteiger partial charge in [0.05, 0.1) is 5.69 Å². The molecule has 150 valence electrons. The van der Waals surface area contributed by atoms with E-state index in [0.29, 0.717) is 24.4 Å². The van der Waals surface area contributed by atoms with Crippen LogP contribution in [-0.2, 0) is 30.6 Å². The van der Waals surface area contributed by atoms with Gasteiger partial charge < -0.3 is 19.7 Å². The summed E-state index contributed by atoms with van der Waals surface area (Å²) in [5.74, 6) is 0.0377. The molecule has 1 aromatic heterocycles. The molecule has 6 heteroatoms. The monoisotopic (exact) mass is 384 g/mol. The highest BCUT2D eigenvalue weighted by Gasteiger charge is 2.28. The fourth-order valence-electron chi connectivity index (χ4n) is 4.15. The highest BCUT2D eigenvalue weighted by atomic mass is 16.3. The third-order valence-electron chi connectivity index (χ3n) is 5.56. The van der Waals surface area contributed by atoms with Crippen LogP contribution >= 0.6 is 0 Å². The minimum atomic E-state index is -0.422. The highest BCUT2D eigenvalue weighted by molar-refractivity contribution is 5.76. The van der Waals surface area contributed by atoms with Gasteiger partial charge in [-0.05, 0) is 49.3 Å². The topological polar surface area (TPSA) is 82.8 Å². The molecule has 3 rings (SSSR count). The summed E-state index contributed by atoms with van der Waals surface area (Å²) in [6, 6.07) is 6.96. The first kappa shape index (κ1) is 20.0. The lowest BCUT2D eigenvalue weighted by molar-refractivity contribution is -0.134. The number of hydrogen-bond donors (Lipinski definition) is 2. The van der Waals surface area contributed by atoms with Crippen molar-refractivity contribution in [3.8, 4) is 11.5 Å². The predicted octanol–water partition coefficient (Wildman–Crippen LogP) is 2.62. The number of pyridine rings is 1. The summed E-state index contributed by atoms with van der Waals surface area (Å²) in [6.45, 7) is 4.65. The van der Waals surface area contributed by atoms with E-state index in [2.05, 4.69) is 0 Å². The smallest absolute Gasteiger partial charge is 0.242 e. The Bertz CT molecular complexity index is 919. The number of aromatic nitrogens is 1. The molecule has 1 atom stereocenters. The molecule has 0 saturated heterocycles. The largest absolute Gasteiger partial charge is 0.508 e. The second-order valence-electron chi connectivity index (χ2n) is 7.36. The number of amides is 1. The van der Waals surface area contributed by atoms with E-state index < -0.39 is 5.43 Å². The Balaban J connectivity index is 1.82. The van der Waals surface area contributed by atoms with Crippen LogP contribution in [0.2, 0.25) is 0 Å². The molecule has 0 fully saturated rings. The van der Waals surface area contributed by atoms with Gasteiger partial charge >= 0.3 is 0 Å².